The standard InChI is InChI=1S/C21H35BrN6O4S/c1-15-16(25-8-10-26(11-9-25)20(30)32-21(2,3)4)17(29)28-19(23-18(22)24-28)27(15)14-31-12-13-33(5,6)7/h8-14H2,1-7H3. The highest BCUT2D eigenvalue weighted by Crippen LogP contribution is 2.33. The van der Waals surface area contributed by atoms with Gasteiger partial charge in [0.2, 0.25) is 10.5 Å². The monoisotopic (exact) mass is 546 g/mol. The van der Waals surface area contributed by atoms with E-state index in [9.17, 15) is 9.59 Å². The summed E-state index contributed by atoms with van der Waals surface area (Å²) in [6, 6.07) is 0. The van der Waals surface area contributed by atoms with Gasteiger partial charge in [-0.3, -0.25) is 9.36 Å². The number of rotatable bonds is 6. The Balaban J connectivity index is 1.83. The molecule has 0 unspecified atom stereocenters. The van der Waals surface area contributed by atoms with Crippen LogP contribution in [0.2, 0.25) is 0 Å². The number of carbonyl (C=O) groups is 1. The zero-order valence-electron chi connectivity index (χ0n) is 20.6. The molecule has 2 aromatic rings. The molecule has 0 atom stereocenters. The molecule has 0 aliphatic carbocycles. The first kappa shape index (κ1) is 25.8. The number of hydrogen-bond donors (Lipinski definition) is 0. The van der Waals surface area contributed by atoms with Crippen molar-refractivity contribution >= 4 is 43.5 Å². The van der Waals surface area contributed by atoms with Crippen molar-refractivity contribution in [2.75, 3.05) is 62.2 Å². The van der Waals surface area contributed by atoms with Gasteiger partial charge in [-0.1, -0.05) is 0 Å². The molecule has 33 heavy (non-hydrogen) atoms. The van der Waals surface area contributed by atoms with E-state index in [1.165, 1.54) is 4.52 Å². The highest BCUT2D eigenvalue weighted by atomic mass is 79.9. The first-order valence-electron chi connectivity index (χ1n) is 10.9. The summed E-state index contributed by atoms with van der Waals surface area (Å²) in [6.07, 6.45) is 6.43. The van der Waals surface area contributed by atoms with E-state index in [-0.39, 0.29) is 18.4 Å². The average Bonchev–Trinajstić information content (AvgIpc) is 3.07. The molecule has 1 aliphatic heterocycles. The Labute approximate surface area is 204 Å². The maximum atomic E-state index is 13.3. The molecule has 0 N–H and O–H groups in total. The summed E-state index contributed by atoms with van der Waals surface area (Å²) in [5, 5.41) is 4.25. The number of piperazine rings is 1. The molecule has 0 bridgehead atoms. The fourth-order valence-corrected chi connectivity index (χ4v) is 4.48. The molecule has 0 saturated carbocycles. The van der Waals surface area contributed by atoms with Crippen molar-refractivity contribution in [3.05, 3.63) is 20.8 Å². The molecule has 3 heterocycles. The number of carbonyl (C=O) groups excluding carboxylic acids is 1. The summed E-state index contributed by atoms with van der Waals surface area (Å²) in [6.45, 7) is 10.3. The predicted molar refractivity (Wildman–Crippen MR) is 136 cm³/mol. The van der Waals surface area contributed by atoms with Crippen molar-refractivity contribution in [3.63, 3.8) is 0 Å². The van der Waals surface area contributed by atoms with Gasteiger partial charge < -0.3 is 19.3 Å². The average molecular weight is 548 g/mol. The van der Waals surface area contributed by atoms with Crippen molar-refractivity contribution in [2.24, 2.45) is 0 Å². The normalized spacial score (nSPS) is 15.9. The zero-order chi connectivity index (χ0) is 24.6. The Morgan fingerprint density at radius 2 is 1.79 bits per heavy atom. The molecule has 0 spiro atoms. The number of amides is 1. The van der Waals surface area contributed by atoms with Crippen LogP contribution in [0, 0.1) is 6.92 Å². The van der Waals surface area contributed by atoms with E-state index in [0.717, 1.165) is 11.4 Å². The number of aromatic nitrogens is 4. The second kappa shape index (κ2) is 9.83. The fraction of sp³-hybridized carbons (Fsp3) is 0.714. The van der Waals surface area contributed by atoms with E-state index in [2.05, 4.69) is 44.8 Å². The van der Waals surface area contributed by atoms with Gasteiger partial charge in [-0.2, -0.15) is 9.50 Å². The van der Waals surface area contributed by atoms with Crippen LogP contribution in [-0.2, 0) is 16.2 Å². The molecule has 186 valence electrons. The van der Waals surface area contributed by atoms with Crippen LogP contribution in [0.3, 0.4) is 0 Å². The number of anilines is 1. The lowest BCUT2D eigenvalue weighted by molar-refractivity contribution is 0.0240. The van der Waals surface area contributed by atoms with Crippen molar-refractivity contribution < 1.29 is 14.3 Å². The third kappa shape index (κ3) is 6.42. The second-order valence-corrected chi connectivity index (χ2v) is 15.3. The Bertz CT molecular complexity index is 1060. The van der Waals surface area contributed by atoms with Gasteiger partial charge in [-0.25, -0.2) is 14.8 Å². The molecule has 0 radical (unpaired) electrons. The summed E-state index contributed by atoms with van der Waals surface area (Å²) in [5.41, 5.74) is 0.537. The number of hydrogen-bond acceptors (Lipinski definition) is 7. The molecule has 1 saturated heterocycles. The number of fused-ring (bicyclic) bond motifs is 1. The molecule has 3 rings (SSSR count). The molecule has 1 aliphatic rings. The van der Waals surface area contributed by atoms with Gasteiger partial charge in [-0.05, 0) is 62.4 Å². The summed E-state index contributed by atoms with van der Waals surface area (Å²) in [5.74, 6) is 1.43. The molecule has 12 heteroatoms. The first-order valence-corrected chi connectivity index (χ1v) is 14.7. The van der Waals surface area contributed by atoms with Crippen molar-refractivity contribution in [1.29, 1.82) is 0 Å². The van der Waals surface area contributed by atoms with Crippen LogP contribution in [0.5, 0.6) is 0 Å². The minimum atomic E-state index is -0.659. The Hall–Kier alpha value is -1.79. The maximum absolute atomic E-state index is 13.3. The summed E-state index contributed by atoms with van der Waals surface area (Å²) < 4.78 is 15.0. The lowest BCUT2D eigenvalue weighted by Gasteiger charge is -2.37. The predicted octanol–water partition coefficient (Wildman–Crippen LogP) is 2.69. The van der Waals surface area contributed by atoms with E-state index in [0.29, 0.717) is 49.0 Å². The molecular weight excluding hydrogens is 512 g/mol. The molecule has 10 nitrogen and oxygen atoms in total. The maximum Gasteiger partial charge on any atom is 0.410 e. The SMILES string of the molecule is Cc1c(N2CCN(C(=O)OC(C)(C)C)CC2)c(=O)n2nc(Br)nc2n1COCCS(C)(C)C. The van der Waals surface area contributed by atoms with E-state index in [1.54, 1.807) is 4.90 Å². The van der Waals surface area contributed by atoms with Crippen LogP contribution in [0.25, 0.3) is 5.78 Å². The van der Waals surface area contributed by atoms with E-state index >= 15 is 0 Å². The van der Waals surface area contributed by atoms with Crippen molar-refractivity contribution in [3.8, 4) is 0 Å². The Morgan fingerprint density at radius 3 is 2.36 bits per heavy atom. The highest BCUT2D eigenvalue weighted by molar-refractivity contribution is 9.10. The quantitative estimate of drug-likeness (QED) is 0.514. The van der Waals surface area contributed by atoms with Crippen molar-refractivity contribution in [1.82, 2.24) is 24.1 Å². The van der Waals surface area contributed by atoms with Crippen LogP contribution < -0.4 is 10.5 Å². The van der Waals surface area contributed by atoms with Crippen LogP contribution in [-0.4, -0.2) is 93.1 Å². The third-order valence-electron chi connectivity index (χ3n) is 5.26. The van der Waals surface area contributed by atoms with Crippen LogP contribution in [0.1, 0.15) is 26.5 Å². The number of ether oxygens (including phenoxy) is 2. The molecule has 1 fully saturated rings. The van der Waals surface area contributed by atoms with Gasteiger partial charge in [0.25, 0.3) is 5.56 Å². The lowest BCUT2D eigenvalue weighted by atomic mass is 10.2. The minimum absolute atomic E-state index is 0.234. The summed E-state index contributed by atoms with van der Waals surface area (Å²) in [4.78, 5) is 33.8. The van der Waals surface area contributed by atoms with Gasteiger partial charge in [0.1, 0.15) is 18.0 Å². The minimum Gasteiger partial charge on any atom is -0.444 e. The van der Waals surface area contributed by atoms with E-state index in [1.807, 2.05) is 37.2 Å². The van der Waals surface area contributed by atoms with Gasteiger partial charge in [0, 0.05) is 37.6 Å². The topological polar surface area (TPSA) is 94.2 Å². The van der Waals surface area contributed by atoms with Crippen molar-refractivity contribution in [2.45, 2.75) is 40.0 Å². The van der Waals surface area contributed by atoms with Gasteiger partial charge in [0.05, 0.1) is 6.61 Å². The van der Waals surface area contributed by atoms with Crippen LogP contribution in [0.4, 0.5) is 10.5 Å². The van der Waals surface area contributed by atoms with E-state index < -0.39 is 15.6 Å². The second-order valence-electron chi connectivity index (χ2n) is 10.0. The molecule has 0 aromatic carbocycles. The Morgan fingerprint density at radius 1 is 1.15 bits per heavy atom. The summed E-state index contributed by atoms with van der Waals surface area (Å²) in [7, 11) is -0.659. The largest absolute Gasteiger partial charge is 0.444 e. The number of halogens is 1. The summed E-state index contributed by atoms with van der Waals surface area (Å²) >= 11 is 3.29. The van der Waals surface area contributed by atoms with Crippen LogP contribution in [0.15, 0.2) is 9.53 Å². The van der Waals surface area contributed by atoms with Gasteiger partial charge in [-0.15, -0.1) is 5.10 Å². The smallest absolute Gasteiger partial charge is 0.410 e. The van der Waals surface area contributed by atoms with Crippen LogP contribution >= 0.6 is 26.0 Å². The third-order valence-corrected chi connectivity index (χ3v) is 6.98. The number of nitrogens with zero attached hydrogens (tertiary/aromatic N) is 6. The molecular formula is C21H35BrN6O4S. The van der Waals surface area contributed by atoms with Gasteiger partial charge in [0.15, 0.2) is 0 Å². The van der Waals surface area contributed by atoms with E-state index in [4.69, 9.17) is 9.47 Å². The highest BCUT2D eigenvalue weighted by Gasteiger charge is 2.29. The van der Waals surface area contributed by atoms with Gasteiger partial charge >= 0.3 is 6.09 Å². The zero-order valence-corrected chi connectivity index (χ0v) is 23.0. The first-order chi connectivity index (χ1) is 15.3. The molecule has 1 amide bonds. The lowest BCUT2D eigenvalue weighted by Crippen LogP contribution is -2.51. The Kier molecular flexibility index (Phi) is 7.69. The molecule has 2 aromatic heterocycles. The fourth-order valence-electron chi connectivity index (χ4n) is 3.55.